The van der Waals surface area contributed by atoms with Crippen molar-refractivity contribution in [3.63, 3.8) is 0 Å². The Morgan fingerprint density at radius 3 is 2.33 bits per heavy atom. The summed E-state index contributed by atoms with van der Waals surface area (Å²) < 4.78 is 0. The average Bonchev–Trinajstić information content (AvgIpc) is 2.45. The number of carbonyl (C=O) groups is 1. The van der Waals surface area contributed by atoms with Gasteiger partial charge in [0.15, 0.2) is 0 Å². The predicted octanol–water partition coefficient (Wildman–Crippen LogP) is 4.04. The molecule has 0 fully saturated rings. The van der Waals surface area contributed by atoms with Crippen molar-refractivity contribution in [2.45, 2.75) is 46.5 Å². The number of unbranched alkanes of at least 4 members (excludes halogenated alkanes) is 1. The fraction of sp³-hybridized carbons (Fsp3) is 0.467. The Hall–Kier alpha value is -1.64. The topological polar surface area (TPSA) is 49.7 Å². The normalized spacial score (nSPS) is 10.5. The van der Waals surface area contributed by atoms with Crippen molar-refractivity contribution in [1.29, 1.82) is 0 Å². The molecule has 1 aromatic carbocycles. The lowest BCUT2D eigenvalue weighted by atomic mass is 10.0. The minimum atomic E-state index is 0.124. The molecule has 1 N–H and O–H groups in total. The van der Waals surface area contributed by atoms with E-state index in [1.807, 2.05) is 51.1 Å². The molecule has 1 rings (SSSR count). The lowest BCUT2D eigenvalue weighted by Gasteiger charge is -2.03. The van der Waals surface area contributed by atoms with Gasteiger partial charge in [-0.05, 0) is 12.0 Å². The van der Waals surface area contributed by atoms with Crippen molar-refractivity contribution in [1.82, 2.24) is 0 Å². The first kappa shape index (κ1) is 16.4. The summed E-state index contributed by atoms with van der Waals surface area (Å²) in [5.41, 5.74) is 1.25. The van der Waals surface area contributed by atoms with E-state index in [1.54, 1.807) is 0 Å². The number of carbonyl (C=O) groups excluding carboxylic acids is 1. The molecule has 0 atom stereocenters. The highest BCUT2D eigenvalue weighted by Gasteiger charge is 2.09. The maximum absolute atomic E-state index is 11.6. The molecular formula is C15H23NO2. The van der Waals surface area contributed by atoms with Crippen LogP contribution in [-0.4, -0.2) is 16.7 Å². The SMILES string of the molecule is CC.CCCCC(=O)C/C(=N/O)c1ccccc1. The zero-order chi connectivity index (χ0) is 13.8. The third-order valence-corrected chi connectivity index (χ3v) is 2.40. The second-order valence-corrected chi connectivity index (χ2v) is 3.73. The summed E-state index contributed by atoms with van der Waals surface area (Å²) >= 11 is 0. The van der Waals surface area contributed by atoms with E-state index in [1.165, 1.54) is 0 Å². The second kappa shape index (κ2) is 10.5. The van der Waals surface area contributed by atoms with Gasteiger partial charge < -0.3 is 5.21 Å². The molecular weight excluding hydrogens is 226 g/mol. The highest BCUT2D eigenvalue weighted by atomic mass is 16.4. The van der Waals surface area contributed by atoms with Crippen LogP contribution >= 0.6 is 0 Å². The first-order valence-corrected chi connectivity index (χ1v) is 6.56. The fourth-order valence-corrected chi connectivity index (χ4v) is 1.47. The summed E-state index contributed by atoms with van der Waals surface area (Å²) in [4.78, 5) is 11.6. The summed E-state index contributed by atoms with van der Waals surface area (Å²) in [5, 5.41) is 12.1. The molecule has 0 saturated carbocycles. The third-order valence-electron chi connectivity index (χ3n) is 2.40. The molecule has 0 aliphatic rings. The van der Waals surface area contributed by atoms with Crippen LogP contribution < -0.4 is 0 Å². The standard InChI is InChI=1S/C13H17NO2.C2H6/c1-2-3-9-12(15)10-13(14-16)11-7-5-4-6-8-11;1-2/h4-8,16H,2-3,9-10H2,1H3;1-2H3/b14-13-;. The number of hydrogen-bond donors (Lipinski definition) is 1. The Bertz CT molecular complexity index is 358. The molecule has 0 amide bonds. The van der Waals surface area contributed by atoms with Crippen LogP contribution in [0.25, 0.3) is 0 Å². The molecule has 0 aliphatic heterocycles. The van der Waals surface area contributed by atoms with Gasteiger partial charge in [0.1, 0.15) is 5.78 Å². The van der Waals surface area contributed by atoms with Crippen LogP contribution in [0, 0.1) is 0 Å². The summed E-state index contributed by atoms with van der Waals surface area (Å²) in [6.07, 6.45) is 2.66. The largest absolute Gasteiger partial charge is 0.411 e. The molecule has 1 aromatic rings. The Labute approximate surface area is 110 Å². The van der Waals surface area contributed by atoms with E-state index in [-0.39, 0.29) is 12.2 Å². The van der Waals surface area contributed by atoms with Crippen molar-refractivity contribution in [3.05, 3.63) is 35.9 Å². The number of ketones is 1. The molecule has 0 spiro atoms. The predicted molar refractivity (Wildman–Crippen MR) is 75.3 cm³/mol. The number of hydrogen-bond acceptors (Lipinski definition) is 3. The molecule has 0 bridgehead atoms. The van der Waals surface area contributed by atoms with Gasteiger partial charge in [-0.1, -0.05) is 62.7 Å². The summed E-state index contributed by atoms with van der Waals surface area (Å²) in [6.45, 7) is 6.05. The van der Waals surface area contributed by atoms with Gasteiger partial charge in [-0.2, -0.15) is 0 Å². The van der Waals surface area contributed by atoms with E-state index >= 15 is 0 Å². The van der Waals surface area contributed by atoms with Gasteiger partial charge in [0.05, 0.1) is 12.1 Å². The second-order valence-electron chi connectivity index (χ2n) is 3.73. The molecule has 0 saturated heterocycles. The van der Waals surface area contributed by atoms with Crippen LogP contribution in [0.4, 0.5) is 0 Å². The minimum Gasteiger partial charge on any atom is -0.411 e. The quantitative estimate of drug-likeness (QED) is 0.470. The van der Waals surface area contributed by atoms with Crippen LogP contribution in [0.1, 0.15) is 52.0 Å². The van der Waals surface area contributed by atoms with E-state index in [0.29, 0.717) is 12.1 Å². The first-order chi connectivity index (χ1) is 8.77. The van der Waals surface area contributed by atoms with Crippen molar-refractivity contribution < 1.29 is 10.0 Å². The first-order valence-electron chi connectivity index (χ1n) is 6.56. The Morgan fingerprint density at radius 2 is 1.83 bits per heavy atom. The van der Waals surface area contributed by atoms with E-state index in [9.17, 15) is 4.79 Å². The lowest BCUT2D eigenvalue weighted by Crippen LogP contribution is -2.09. The van der Waals surface area contributed by atoms with Gasteiger partial charge >= 0.3 is 0 Å². The van der Waals surface area contributed by atoms with Gasteiger partial charge in [-0.15, -0.1) is 0 Å². The summed E-state index contributed by atoms with van der Waals surface area (Å²) in [7, 11) is 0. The van der Waals surface area contributed by atoms with Crippen LogP contribution in [0.5, 0.6) is 0 Å². The molecule has 3 nitrogen and oxygen atoms in total. The van der Waals surface area contributed by atoms with Gasteiger partial charge in [0, 0.05) is 6.42 Å². The van der Waals surface area contributed by atoms with Crippen molar-refractivity contribution in [2.24, 2.45) is 5.16 Å². The van der Waals surface area contributed by atoms with E-state index in [2.05, 4.69) is 5.16 Å². The Balaban J connectivity index is 0.00000137. The smallest absolute Gasteiger partial charge is 0.138 e. The molecule has 0 unspecified atom stereocenters. The molecule has 100 valence electrons. The number of nitrogens with zero attached hydrogens (tertiary/aromatic N) is 1. The molecule has 0 aromatic heterocycles. The van der Waals surface area contributed by atoms with E-state index in [0.717, 1.165) is 18.4 Å². The minimum absolute atomic E-state index is 0.124. The van der Waals surface area contributed by atoms with Gasteiger partial charge in [-0.3, -0.25) is 4.79 Å². The fourth-order valence-electron chi connectivity index (χ4n) is 1.47. The monoisotopic (exact) mass is 249 g/mol. The van der Waals surface area contributed by atoms with Gasteiger partial charge in [0.25, 0.3) is 0 Å². The molecule has 0 radical (unpaired) electrons. The van der Waals surface area contributed by atoms with Crippen LogP contribution in [0.2, 0.25) is 0 Å². The highest BCUT2D eigenvalue weighted by molar-refractivity contribution is 6.10. The number of Topliss-reactive ketones (excluding diaryl/α,β-unsaturated/α-hetero) is 1. The van der Waals surface area contributed by atoms with Crippen LogP contribution in [0.3, 0.4) is 0 Å². The lowest BCUT2D eigenvalue weighted by molar-refractivity contribution is -0.118. The summed E-state index contributed by atoms with van der Waals surface area (Å²) in [5.74, 6) is 0.124. The Morgan fingerprint density at radius 1 is 1.22 bits per heavy atom. The Kier molecular flexibility index (Phi) is 9.55. The van der Waals surface area contributed by atoms with Crippen molar-refractivity contribution >= 4 is 11.5 Å². The van der Waals surface area contributed by atoms with Gasteiger partial charge in [-0.25, -0.2) is 0 Å². The maximum Gasteiger partial charge on any atom is 0.138 e. The molecule has 0 aliphatic carbocycles. The number of benzene rings is 1. The average molecular weight is 249 g/mol. The highest BCUT2D eigenvalue weighted by Crippen LogP contribution is 2.07. The van der Waals surface area contributed by atoms with Crippen LogP contribution in [0.15, 0.2) is 35.5 Å². The summed E-state index contributed by atoms with van der Waals surface area (Å²) in [6, 6.07) is 9.27. The molecule has 18 heavy (non-hydrogen) atoms. The van der Waals surface area contributed by atoms with E-state index in [4.69, 9.17) is 5.21 Å². The number of oxime groups is 1. The zero-order valence-electron chi connectivity index (χ0n) is 11.5. The maximum atomic E-state index is 11.6. The zero-order valence-corrected chi connectivity index (χ0v) is 11.5. The van der Waals surface area contributed by atoms with Crippen molar-refractivity contribution in [3.8, 4) is 0 Å². The third kappa shape index (κ3) is 6.18. The van der Waals surface area contributed by atoms with Crippen molar-refractivity contribution in [2.75, 3.05) is 0 Å². The molecule has 0 heterocycles. The van der Waals surface area contributed by atoms with E-state index < -0.39 is 0 Å². The van der Waals surface area contributed by atoms with Crippen LogP contribution in [-0.2, 0) is 4.79 Å². The number of rotatable bonds is 6. The van der Waals surface area contributed by atoms with Gasteiger partial charge in [0.2, 0.25) is 0 Å². The molecule has 3 heteroatoms.